The lowest BCUT2D eigenvalue weighted by atomic mass is 9.99. The fourth-order valence-corrected chi connectivity index (χ4v) is 3.65. The van der Waals surface area contributed by atoms with Gasteiger partial charge in [-0.25, -0.2) is 0 Å². The first-order valence-electron chi connectivity index (χ1n) is 10.6. The normalized spacial score (nSPS) is 18.2. The van der Waals surface area contributed by atoms with E-state index in [2.05, 4.69) is 0 Å². The third-order valence-electron chi connectivity index (χ3n) is 5.18. The van der Waals surface area contributed by atoms with E-state index in [1.807, 2.05) is 25.9 Å². The van der Waals surface area contributed by atoms with Gasteiger partial charge in [-0.1, -0.05) is 6.92 Å². The first kappa shape index (κ1) is 22.6. The second-order valence-electron chi connectivity index (χ2n) is 7.97. The largest absolute Gasteiger partial charge is 0.507 e. The summed E-state index contributed by atoms with van der Waals surface area (Å²) in [6.45, 7) is 5.58. The summed E-state index contributed by atoms with van der Waals surface area (Å²) in [5, 5.41) is 11.0. The summed E-state index contributed by atoms with van der Waals surface area (Å²) in [5.41, 5.74) is 0.495. The number of aryl methyl sites for hydroxylation is 1. The number of hydrogen-bond donors (Lipinski definition) is 1. The third kappa shape index (κ3) is 4.99. The summed E-state index contributed by atoms with van der Waals surface area (Å²) in [6.07, 6.45) is 1.58. The van der Waals surface area contributed by atoms with Crippen LogP contribution in [0.15, 0.2) is 46.4 Å². The Bertz CT molecular complexity index is 959. The molecule has 7 nitrogen and oxygen atoms in total. The molecule has 0 spiro atoms. The number of aliphatic hydroxyl groups excluding tert-OH is 1. The predicted molar refractivity (Wildman–Crippen MR) is 118 cm³/mol. The number of furan rings is 1. The van der Waals surface area contributed by atoms with Gasteiger partial charge in [-0.3, -0.25) is 9.59 Å². The molecule has 7 heteroatoms. The van der Waals surface area contributed by atoms with Crippen LogP contribution in [-0.2, 0) is 9.59 Å². The molecule has 166 valence electrons. The lowest BCUT2D eigenvalue weighted by molar-refractivity contribution is -0.140. The van der Waals surface area contributed by atoms with Crippen LogP contribution in [-0.4, -0.2) is 60.4 Å². The standard InChI is InChI=1S/C24H30N2O5/c1-5-15-30-18-10-8-17(9-11-18)22(27)20-21(19-12-7-16(2)31-19)26(24(29)23(20)28)14-6-13-25(3)4/h7-12,21,27H,5-6,13-15H2,1-4H3/b22-20+/t21-/m1/s1. The van der Waals surface area contributed by atoms with Crippen LogP contribution in [0.3, 0.4) is 0 Å². The van der Waals surface area contributed by atoms with Gasteiger partial charge in [-0.05, 0) is 76.8 Å². The van der Waals surface area contributed by atoms with Crippen LogP contribution in [0.1, 0.15) is 42.9 Å². The molecule has 0 bridgehead atoms. The average molecular weight is 427 g/mol. The van der Waals surface area contributed by atoms with E-state index < -0.39 is 17.7 Å². The van der Waals surface area contributed by atoms with Crippen molar-refractivity contribution in [1.29, 1.82) is 0 Å². The van der Waals surface area contributed by atoms with Crippen LogP contribution >= 0.6 is 0 Å². The molecule has 0 radical (unpaired) electrons. The Morgan fingerprint density at radius 1 is 1.16 bits per heavy atom. The molecule has 1 fully saturated rings. The van der Waals surface area contributed by atoms with Crippen LogP contribution in [0.4, 0.5) is 0 Å². The number of ketones is 1. The van der Waals surface area contributed by atoms with Crippen LogP contribution in [0.5, 0.6) is 5.75 Å². The summed E-state index contributed by atoms with van der Waals surface area (Å²) < 4.78 is 11.4. The highest BCUT2D eigenvalue weighted by atomic mass is 16.5. The molecule has 0 unspecified atom stereocenters. The zero-order valence-electron chi connectivity index (χ0n) is 18.6. The molecule has 1 amide bonds. The maximum atomic E-state index is 12.9. The number of hydrogen-bond acceptors (Lipinski definition) is 6. The van der Waals surface area contributed by atoms with Crippen molar-refractivity contribution in [2.24, 2.45) is 0 Å². The molecule has 3 rings (SSSR count). The van der Waals surface area contributed by atoms with Crippen molar-refractivity contribution in [2.45, 2.75) is 32.7 Å². The summed E-state index contributed by atoms with van der Waals surface area (Å²) in [7, 11) is 3.91. The fourth-order valence-electron chi connectivity index (χ4n) is 3.65. The van der Waals surface area contributed by atoms with Gasteiger partial charge >= 0.3 is 0 Å². The molecule has 0 saturated carbocycles. The maximum absolute atomic E-state index is 12.9. The molecule has 1 aliphatic heterocycles. The zero-order chi connectivity index (χ0) is 22.5. The quantitative estimate of drug-likeness (QED) is 0.374. The third-order valence-corrected chi connectivity index (χ3v) is 5.18. The number of carbonyl (C=O) groups excluding carboxylic acids is 2. The second-order valence-corrected chi connectivity index (χ2v) is 7.97. The Kier molecular flexibility index (Phi) is 7.17. The lowest BCUT2D eigenvalue weighted by Gasteiger charge is -2.24. The van der Waals surface area contributed by atoms with Gasteiger partial charge in [0, 0.05) is 12.1 Å². The van der Waals surface area contributed by atoms with Crippen LogP contribution in [0.25, 0.3) is 5.76 Å². The molecule has 2 aromatic rings. The highest BCUT2D eigenvalue weighted by molar-refractivity contribution is 6.46. The number of Topliss-reactive ketones (excluding diaryl/α,β-unsaturated/α-hetero) is 1. The molecular formula is C24H30N2O5. The van der Waals surface area contributed by atoms with E-state index in [9.17, 15) is 14.7 Å². The van der Waals surface area contributed by atoms with E-state index in [0.717, 1.165) is 13.0 Å². The minimum absolute atomic E-state index is 0.0476. The van der Waals surface area contributed by atoms with Gasteiger partial charge in [-0.15, -0.1) is 0 Å². The van der Waals surface area contributed by atoms with Gasteiger partial charge < -0.3 is 24.1 Å². The summed E-state index contributed by atoms with van der Waals surface area (Å²) in [6, 6.07) is 9.63. The molecule has 1 aromatic heterocycles. The minimum Gasteiger partial charge on any atom is -0.507 e. The van der Waals surface area contributed by atoms with E-state index in [1.54, 1.807) is 43.3 Å². The Hall–Kier alpha value is -3.06. The Morgan fingerprint density at radius 3 is 2.45 bits per heavy atom. The van der Waals surface area contributed by atoms with Crippen LogP contribution < -0.4 is 4.74 Å². The number of rotatable bonds is 9. The first-order chi connectivity index (χ1) is 14.8. The maximum Gasteiger partial charge on any atom is 0.295 e. The van der Waals surface area contributed by atoms with Gasteiger partial charge in [0.15, 0.2) is 0 Å². The van der Waals surface area contributed by atoms with Gasteiger partial charge in [0.25, 0.3) is 11.7 Å². The van der Waals surface area contributed by atoms with Crippen molar-refractivity contribution in [1.82, 2.24) is 9.80 Å². The molecule has 1 saturated heterocycles. The average Bonchev–Trinajstić information content (AvgIpc) is 3.28. The van der Waals surface area contributed by atoms with Crippen molar-refractivity contribution < 1.29 is 23.8 Å². The van der Waals surface area contributed by atoms with E-state index in [1.165, 1.54) is 4.90 Å². The highest BCUT2D eigenvalue weighted by Crippen LogP contribution is 2.40. The van der Waals surface area contributed by atoms with E-state index in [-0.39, 0.29) is 11.3 Å². The van der Waals surface area contributed by atoms with E-state index in [0.29, 0.717) is 42.4 Å². The minimum atomic E-state index is -0.758. The smallest absolute Gasteiger partial charge is 0.295 e. The summed E-state index contributed by atoms with van der Waals surface area (Å²) in [4.78, 5) is 29.3. The summed E-state index contributed by atoms with van der Waals surface area (Å²) >= 11 is 0. The van der Waals surface area contributed by atoms with Gasteiger partial charge in [0.1, 0.15) is 29.1 Å². The number of aliphatic hydroxyl groups is 1. The molecule has 1 aliphatic rings. The number of nitrogens with zero attached hydrogens (tertiary/aromatic N) is 2. The molecule has 1 N–H and O–H groups in total. The monoisotopic (exact) mass is 426 g/mol. The van der Waals surface area contributed by atoms with E-state index in [4.69, 9.17) is 9.15 Å². The van der Waals surface area contributed by atoms with Crippen molar-refractivity contribution in [3.05, 3.63) is 59.1 Å². The SMILES string of the molecule is CCCOc1ccc(/C(O)=C2\C(=O)C(=O)N(CCCN(C)C)[C@@H]2c2ccc(C)o2)cc1. The predicted octanol–water partition coefficient (Wildman–Crippen LogP) is 3.75. The zero-order valence-corrected chi connectivity index (χ0v) is 18.6. The number of ether oxygens (including phenoxy) is 1. The first-order valence-corrected chi connectivity index (χ1v) is 10.6. The van der Waals surface area contributed by atoms with Gasteiger partial charge in [0.05, 0.1) is 12.2 Å². The molecular weight excluding hydrogens is 396 g/mol. The van der Waals surface area contributed by atoms with Gasteiger partial charge in [-0.2, -0.15) is 0 Å². The Labute approximate surface area is 182 Å². The fraction of sp³-hybridized carbons (Fsp3) is 0.417. The van der Waals surface area contributed by atoms with Crippen LogP contribution in [0.2, 0.25) is 0 Å². The molecule has 0 aliphatic carbocycles. The van der Waals surface area contributed by atoms with Crippen molar-refractivity contribution in [3.63, 3.8) is 0 Å². The number of amides is 1. The topological polar surface area (TPSA) is 83.2 Å². The number of benzene rings is 1. The van der Waals surface area contributed by atoms with Gasteiger partial charge in [0.2, 0.25) is 0 Å². The number of likely N-dealkylation sites (tertiary alicyclic amines) is 1. The van der Waals surface area contributed by atoms with Crippen molar-refractivity contribution in [2.75, 3.05) is 33.8 Å². The molecule has 31 heavy (non-hydrogen) atoms. The molecule has 1 aromatic carbocycles. The van der Waals surface area contributed by atoms with Crippen molar-refractivity contribution in [3.8, 4) is 5.75 Å². The number of carbonyl (C=O) groups is 2. The highest BCUT2D eigenvalue weighted by Gasteiger charge is 2.47. The Balaban J connectivity index is 1.98. The van der Waals surface area contributed by atoms with Crippen molar-refractivity contribution >= 4 is 17.4 Å². The summed E-state index contributed by atoms with van der Waals surface area (Å²) in [5.74, 6) is 0.280. The second kappa shape index (κ2) is 9.83. The molecule has 2 heterocycles. The van der Waals surface area contributed by atoms with E-state index >= 15 is 0 Å². The molecule has 1 atom stereocenters. The lowest BCUT2D eigenvalue weighted by Crippen LogP contribution is -2.32. The van der Waals surface area contributed by atoms with Crippen LogP contribution in [0, 0.1) is 6.92 Å². The Morgan fingerprint density at radius 2 is 1.87 bits per heavy atom.